The van der Waals surface area contributed by atoms with Gasteiger partial charge in [0.15, 0.2) is 0 Å². The van der Waals surface area contributed by atoms with Crippen molar-refractivity contribution in [2.75, 3.05) is 10.0 Å². The number of nitrogens with one attached hydrogen (secondary N) is 2. The quantitative estimate of drug-likeness (QED) is 0.380. The van der Waals surface area contributed by atoms with E-state index in [0.29, 0.717) is 11.3 Å². The lowest BCUT2D eigenvalue weighted by atomic mass is 10.0. The van der Waals surface area contributed by atoms with Crippen molar-refractivity contribution in [3.63, 3.8) is 0 Å². The fourth-order valence-electron chi connectivity index (χ4n) is 4.71. The second-order valence-electron chi connectivity index (χ2n) is 8.97. The largest absolute Gasteiger partial charge is 0.321 e. The molecule has 0 unspecified atom stereocenters. The van der Waals surface area contributed by atoms with Gasteiger partial charge in [-0.15, -0.1) is 0 Å². The molecule has 0 bridgehead atoms. The number of hydrogen-bond donors (Lipinski definition) is 2. The highest BCUT2D eigenvalue weighted by molar-refractivity contribution is 7.92. The maximum Gasteiger partial charge on any atom is 0.262 e. The summed E-state index contributed by atoms with van der Waals surface area (Å²) in [5, 5.41) is 5.22. The number of anilines is 2. The van der Waals surface area contributed by atoms with Crippen molar-refractivity contribution < 1.29 is 13.2 Å². The van der Waals surface area contributed by atoms with Crippen molar-refractivity contribution in [3.05, 3.63) is 100 Å². The average Bonchev–Trinajstić information content (AvgIpc) is 3.22. The van der Waals surface area contributed by atoms with Crippen molar-refractivity contribution in [3.8, 4) is 0 Å². The van der Waals surface area contributed by atoms with E-state index >= 15 is 0 Å². The van der Waals surface area contributed by atoms with Crippen LogP contribution in [0.3, 0.4) is 0 Å². The smallest absolute Gasteiger partial charge is 0.262 e. The minimum atomic E-state index is -3.88. The molecule has 1 aliphatic carbocycles. The van der Waals surface area contributed by atoms with Gasteiger partial charge in [-0.3, -0.25) is 9.52 Å². The van der Waals surface area contributed by atoms with Gasteiger partial charge in [-0.1, -0.05) is 48.0 Å². The Labute approximate surface area is 199 Å². The van der Waals surface area contributed by atoms with Crippen LogP contribution in [0.2, 0.25) is 0 Å². The number of benzene rings is 4. The Kier molecular flexibility index (Phi) is 5.41. The Hall–Kier alpha value is -3.64. The van der Waals surface area contributed by atoms with E-state index in [2.05, 4.69) is 22.2 Å². The zero-order valence-electron chi connectivity index (χ0n) is 19.4. The van der Waals surface area contributed by atoms with E-state index in [4.69, 9.17) is 0 Å². The molecular formula is C28H26N2O3S. The number of sulfonamides is 1. The first kappa shape index (κ1) is 22.2. The highest BCUT2D eigenvalue weighted by Crippen LogP contribution is 2.35. The van der Waals surface area contributed by atoms with Crippen molar-refractivity contribution in [2.45, 2.75) is 38.5 Å². The molecule has 172 valence electrons. The molecule has 1 aliphatic rings. The van der Waals surface area contributed by atoms with Gasteiger partial charge in [0, 0.05) is 16.6 Å². The zero-order valence-corrected chi connectivity index (χ0v) is 20.2. The summed E-state index contributed by atoms with van der Waals surface area (Å²) in [4.78, 5) is 13.2. The van der Waals surface area contributed by atoms with Crippen molar-refractivity contribution >= 4 is 38.1 Å². The van der Waals surface area contributed by atoms with Crippen LogP contribution < -0.4 is 10.0 Å². The van der Waals surface area contributed by atoms with Crippen molar-refractivity contribution in [1.29, 1.82) is 0 Å². The van der Waals surface area contributed by atoms with Gasteiger partial charge in [-0.25, -0.2) is 8.42 Å². The Bertz CT molecular complexity index is 1560. The molecule has 0 fully saturated rings. The van der Waals surface area contributed by atoms with Crippen molar-refractivity contribution in [2.24, 2.45) is 0 Å². The highest BCUT2D eigenvalue weighted by atomic mass is 32.2. The molecule has 5 nitrogen and oxygen atoms in total. The Morgan fingerprint density at radius 1 is 0.794 bits per heavy atom. The van der Waals surface area contributed by atoms with Crippen LogP contribution in [-0.2, 0) is 22.9 Å². The second kappa shape index (κ2) is 8.29. The summed E-state index contributed by atoms with van der Waals surface area (Å²) in [7, 11) is -3.88. The molecule has 4 aromatic carbocycles. The highest BCUT2D eigenvalue weighted by Gasteiger charge is 2.21. The second-order valence-corrected chi connectivity index (χ2v) is 10.6. The van der Waals surface area contributed by atoms with Crippen LogP contribution in [0.15, 0.2) is 71.6 Å². The predicted octanol–water partition coefficient (Wildman–Crippen LogP) is 5.92. The molecule has 0 spiro atoms. The molecule has 4 aromatic rings. The monoisotopic (exact) mass is 470 g/mol. The SMILES string of the molecule is Cc1ccc(NS(=O)(=O)c2cc(C(=O)Nc3ccc4c5c(cccc35)CC4)ccc2C)c(C)c1. The molecule has 0 aromatic heterocycles. The molecule has 0 radical (unpaired) electrons. The van der Waals surface area contributed by atoms with E-state index in [1.54, 1.807) is 25.1 Å². The van der Waals surface area contributed by atoms with Gasteiger partial charge in [-0.05, 0) is 85.5 Å². The lowest BCUT2D eigenvalue weighted by Crippen LogP contribution is -2.17. The van der Waals surface area contributed by atoms with Crippen LogP contribution in [0, 0.1) is 20.8 Å². The van der Waals surface area contributed by atoms with E-state index in [-0.39, 0.29) is 16.4 Å². The minimum Gasteiger partial charge on any atom is -0.321 e. The molecule has 6 heteroatoms. The van der Waals surface area contributed by atoms with E-state index in [1.807, 2.05) is 44.2 Å². The van der Waals surface area contributed by atoms with Crippen LogP contribution in [0.4, 0.5) is 11.4 Å². The number of hydrogen-bond acceptors (Lipinski definition) is 3. The number of carbonyl (C=O) groups excluding carboxylic acids is 1. The number of carbonyl (C=O) groups is 1. The standard InChI is InChI=1S/C28H26N2O3S/c1-17-7-13-24(19(3)15-17)30-34(32,33)26-16-22(9-8-18(26)2)28(31)29-25-14-12-21-11-10-20-5-4-6-23(25)27(20)21/h4-9,12-16,30H,10-11H2,1-3H3,(H,29,31). The number of rotatable bonds is 5. The maximum absolute atomic E-state index is 13.2. The lowest BCUT2D eigenvalue weighted by molar-refractivity contribution is 0.102. The van der Waals surface area contributed by atoms with Gasteiger partial charge < -0.3 is 5.32 Å². The minimum absolute atomic E-state index is 0.0838. The summed E-state index contributed by atoms with van der Waals surface area (Å²) in [6.07, 6.45) is 2.02. The molecule has 2 N–H and O–H groups in total. The average molecular weight is 471 g/mol. The summed E-state index contributed by atoms with van der Waals surface area (Å²) in [6.45, 7) is 5.54. The summed E-state index contributed by atoms with van der Waals surface area (Å²) in [6, 6.07) is 20.4. The molecule has 1 amide bonds. The number of amides is 1. The van der Waals surface area contributed by atoms with Crippen LogP contribution in [0.1, 0.15) is 38.2 Å². The van der Waals surface area contributed by atoms with Crippen LogP contribution in [-0.4, -0.2) is 14.3 Å². The van der Waals surface area contributed by atoms with Gasteiger partial charge in [0.1, 0.15) is 0 Å². The molecule has 0 saturated heterocycles. The van der Waals surface area contributed by atoms with E-state index in [0.717, 1.165) is 35.0 Å². The fraction of sp³-hybridized carbons (Fsp3) is 0.179. The van der Waals surface area contributed by atoms with Crippen LogP contribution in [0.25, 0.3) is 10.8 Å². The third kappa shape index (κ3) is 3.94. The van der Waals surface area contributed by atoms with E-state index in [9.17, 15) is 13.2 Å². The van der Waals surface area contributed by atoms with Gasteiger partial charge in [-0.2, -0.15) is 0 Å². The van der Waals surface area contributed by atoms with Crippen LogP contribution in [0.5, 0.6) is 0 Å². The topological polar surface area (TPSA) is 75.3 Å². The summed E-state index contributed by atoms with van der Waals surface area (Å²) >= 11 is 0. The summed E-state index contributed by atoms with van der Waals surface area (Å²) < 4.78 is 29.1. The van der Waals surface area contributed by atoms with Gasteiger partial charge >= 0.3 is 0 Å². The molecule has 0 saturated carbocycles. The van der Waals surface area contributed by atoms with Gasteiger partial charge in [0.2, 0.25) is 0 Å². The van der Waals surface area contributed by atoms with Gasteiger partial charge in [0.05, 0.1) is 10.6 Å². The summed E-state index contributed by atoms with van der Waals surface area (Å²) in [5.41, 5.74) is 6.59. The first-order chi connectivity index (χ1) is 16.2. The Balaban J connectivity index is 1.46. The third-order valence-corrected chi connectivity index (χ3v) is 8.00. The fourth-order valence-corrected chi connectivity index (χ4v) is 6.11. The predicted molar refractivity (Wildman–Crippen MR) is 137 cm³/mol. The molecule has 0 atom stereocenters. The number of aryl methyl sites for hydroxylation is 5. The first-order valence-corrected chi connectivity index (χ1v) is 12.8. The zero-order chi connectivity index (χ0) is 24.0. The first-order valence-electron chi connectivity index (χ1n) is 11.3. The van der Waals surface area contributed by atoms with Crippen molar-refractivity contribution in [1.82, 2.24) is 0 Å². The molecule has 34 heavy (non-hydrogen) atoms. The van der Waals surface area contributed by atoms with E-state index in [1.165, 1.54) is 22.6 Å². The summed E-state index contributed by atoms with van der Waals surface area (Å²) in [5.74, 6) is -0.346. The Morgan fingerprint density at radius 2 is 1.53 bits per heavy atom. The van der Waals surface area contributed by atoms with Gasteiger partial charge in [0.25, 0.3) is 15.9 Å². The lowest BCUT2D eigenvalue weighted by Gasteiger charge is -2.15. The maximum atomic E-state index is 13.2. The van der Waals surface area contributed by atoms with E-state index < -0.39 is 10.0 Å². The Morgan fingerprint density at radius 3 is 2.29 bits per heavy atom. The third-order valence-electron chi connectivity index (χ3n) is 6.49. The molecule has 5 rings (SSSR count). The molecule has 0 heterocycles. The normalized spacial score (nSPS) is 12.7. The molecule has 0 aliphatic heterocycles. The molecular weight excluding hydrogens is 444 g/mol. The van der Waals surface area contributed by atoms with Crippen LogP contribution >= 0.6 is 0 Å².